The molecule has 33 heavy (non-hydrogen) atoms. The molecule has 2 aromatic rings. The van der Waals surface area contributed by atoms with Crippen molar-refractivity contribution in [3.05, 3.63) is 23.7 Å². The van der Waals surface area contributed by atoms with E-state index in [1.165, 1.54) is 16.2 Å². The average molecular weight is 489 g/mol. The molecule has 2 bridgehead atoms. The van der Waals surface area contributed by atoms with Crippen LogP contribution >= 0.6 is 11.3 Å². The van der Waals surface area contributed by atoms with Crippen LogP contribution in [0.25, 0.3) is 10.2 Å². The van der Waals surface area contributed by atoms with Gasteiger partial charge in [0.2, 0.25) is 11.8 Å². The Balaban J connectivity index is 1.45. The third-order valence-corrected chi connectivity index (χ3v) is 13.8. The number of rotatable bonds is 5. The summed E-state index contributed by atoms with van der Waals surface area (Å²) in [5.74, 6) is -1.84. The number of fused-ring (bicyclic) bond motifs is 6. The molecule has 178 valence electrons. The number of aliphatic hydroxyl groups excluding tert-OH is 1. The Morgan fingerprint density at radius 3 is 2.67 bits per heavy atom. The molecule has 0 aliphatic carbocycles. The topological polar surface area (TPSA) is 89.0 Å². The molecule has 3 fully saturated rings. The zero-order valence-electron chi connectivity index (χ0n) is 20.0. The molecule has 9 heteroatoms. The van der Waals surface area contributed by atoms with Gasteiger partial charge in [0.15, 0.2) is 8.32 Å². The molecule has 4 heterocycles. The molecule has 1 unspecified atom stereocenters. The Labute approximate surface area is 199 Å². The molecule has 1 aromatic carbocycles. The maximum atomic E-state index is 13.7. The number of carbonyl (C=O) groups excluding carboxylic acids is 2. The summed E-state index contributed by atoms with van der Waals surface area (Å²) >= 11 is 1.47. The lowest BCUT2D eigenvalue weighted by Crippen LogP contribution is -2.50. The molecular formula is C24H32N2O5SSi. The van der Waals surface area contributed by atoms with E-state index in [0.29, 0.717) is 25.1 Å². The summed E-state index contributed by atoms with van der Waals surface area (Å²) in [6.07, 6.45) is 0.0210. The maximum Gasteiger partial charge on any atom is 0.240 e. The number of nitrogens with zero attached hydrogens (tertiary/aromatic N) is 2. The number of hydrogen-bond acceptors (Lipinski definition) is 7. The number of aliphatic hydroxyl groups is 1. The number of ether oxygens (including phenoxy) is 1. The third kappa shape index (κ3) is 3.20. The van der Waals surface area contributed by atoms with Crippen molar-refractivity contribution in [2.45, 2.75) is 76.0 Å². The van der Waals surface area contributed by atoms with E-state index in [1.54, 1.807) is 18.5 Å². The lowest BCUT2D eigenvalue weighted by atomic mass is 9.66. The van der Waals surface area contributed by atoms with Gasteiger partial charge in [-0.05, 0) is 49.7 Å². The van der Waals surface area contributed by atoms with Crippen molar-refractivity contribution in [2.24, 2.45) is 11.8 Å². The van der Waals surface area contributed by atoms with E-state index in [1.807, 2.05) is 12.1 Å². The van der Waals surface area contributed by atoms with Crippen LogP contribution in [0.3, 0.4) is 0 Å². The number of imide groups is 1. The Kier molecular flexibility index (Phi) is 5.02. The fourth-order valence-corrected chi connectivity index (χ4v) is 7.31. The summed E-state index contributed by atoms with van der Waals surface area (Å²) in [7, 11) is -1.98. The lowest BCUT2D eigenvalue weighted by molar-refractivity contribution is -0.134. The molecule has 0 saturated carbocycles. The smallest absolute Gasteiger partial charge is 0.240 e. The van der Waals surface area contributed by atoms with Crippen molar-refractivity contribution >= 4 is 47.4 Å². The first-order valence-electron chi connectivity index (χ1n) is 11.5. The molecule has 0 radical (unpaired) electrons. The van der Waals surface area contributed by atoms with Crippen LogP contribution in [0.15, 0.2) is 23.7 Å². The zero-order valence-corrected chi connectivity index (χ0v) is 21.9. The predicted molar refractivity (Wildman–Crippen MR) is 130 cm³/mol. The Hall–Kier alpha value is -1.65. The van der Waals surface area contributed by atoms with E-state index >= 15 is 0 Å². The van der Waals surface area contributed by atoms with Gasteiger partial charge in [-0.2, -0.15) is 0 Å². The second kappa shape index (κ2) is 7.18. The Morgan fingerprint density at radius 1 is 1.27 bits per heavy atom. The van der Waals surface area contributed by atoms with Gasteiger partial charge in [-0.3, -0.25) is 9.59 Å². The highest BCUT2D eigenvalue weighted by Crippen LogP contribution is 2.62. The third-order valence-electron chi connectivity index (χ3n) is 8.48. The number of amides is 2. The molecule has 5 rings (SSSR count). The summed E-state index contributed by atoms with van der Waals surface area (Å²) < 4.78 is 13.7. The van der Waals surface area contributed by atoms with Gasteiger partial charge in [0.1, 0.15) is 5.60 Å². The van der Waals surface area contributed by atoms with Crippen LogP contribution in [0.4, 0.5) is 5.69 Å². The molecule has 1 aromatic heterocycles. The molecule has 1 N–H and O–H groups in total. The van der Waals surface area contributed by atoms with Crippen LogP contribution < -0.4 is 4.90 Å². The van der Waals surface area contributed by atoms with Gasteiger partial charge in [-0.1, -0.05) is 20.8 Å². The van der Waals surface area contributed by atoms with Gasteiger partial charge in [-0.25, -0.2) is 9.88 Å². The van der Waals surface area contributed by atoms with E-state index in [-0.39, 0.29) is 16.9 Å². The van der Waals surface area contributed by atoms with E-state index in [0.717, 1.165) is 10.2 Å². The van der Waals surface area contributed by atoms with Crippen LogP contribution in [0.2, 0.25) is 18.1 Å². The molecular weight excluding hydrogens is 456 g/mol. The Morgan fingerprint density at radius 2 is 1.97 bits per heavy atom. The minimum atomic E-state index is -1.98. The normalized spacial score (nSPS) is 34.0. The maximum absolute atomic E-state index is 13.7. The first-order chi connectivity index (χ1) is 15.3. The lowest BCUT2D eigenvalue weighted by Gasteiger charge is -2.38. The van der Waals surface area contributed by atoms with Crippen molar-refractivity contribution < 1.29 is 23.9 Å². The number of anilines is 1. The van der Waals surface area contributed by atoms with Crippen molar-refractivity contribution in [1.29, 1.82) is 0 Å². The number of hydrogen-bond donors (Lipinski definition) is 1. The van der Waals surface area contributed by atoms with E-state index in [4.69, 9.17) is 9.16 Å². The van der Waals surface area contributed by atoms with E-state index < -0.39 is 37.5 Å². The summed E-state index contributed by atoms with van der Waals surface area (Å²) in [5.41, 5.74) is 1.18. The molecule has 0 spiro atoms. The number of thiazole rings is 1. The summed E-state index contributed by atoms with van der Waals surface area (Å²) in [5, 5.41) is 11.0. The average Bonchev–Trinajstić information content (AvgIpc) is 3.40. The fourth-order valence-electron chi connectivity index (χ4n) is 5.56. The zero-order chi connectivity index (χ0) is 24.0. The van der Waals surface area contributed by atoms with Gasteiger partial charge in [0, 0.05) is 13.0 Å². The number of benzene rings is 1. The first kappa shape index (κ1) is 23.1. The minimum Gasteiger partial charge on any atom is -0.417 e. The van der Waals surface area contributed by atoms with Crippen molar-refractivity contribution in [1.82, 2.24) is 4.98 Å². The van der Waals surface area contributed by atoms with E-state index in [2.05, 4.69) is 38.8 Å². The van der Waals surface area contributed by atoms with Crippen molar-refractivity contribution in [2.75, 3.05) is 11.5 Å². The van der Waals surface area contributed by atoms with Gasteiger partial charge >= 0.3 is 0 Å². The highest BCUT2D eigenvalue weighted by molar-refractivity contribution is 7.16. The molecule has 2 amide bonds. The Bertz CT molecular complexity index is 1140. The van der Waals surface area contributed by atoms with Gasteiger partial charge < -0.3 is 14.3 Å². The van der Waals surface area contributed by atoms with Crippen LogP contribution in [0.1, 0.15) is 40.5 Å². The molecule has 5 atom stereocenters. The first-order valence-corrected chi connectivity index (χ1v) is 15.3. The van der Waals surface area contributed by atoms with Gasteiger partial charge in [-0.15, -0.1) is 11.3 Å². The minimum absolute atomic E-state index is 0.0681. The highest BCUT2D eigenvalue weighted by atomic mass is 32.1. The molecule has 3 saturated heterocycles. The van der Waals surface area contributed by atoms with Gasteiger partial charge in [0.25, 0.3) is 0 Å². The quantitative estimate of drug-likeness (QED) is 0.503. The molecule has 7 nitrogen and oxygen atoms in total. The van der Waals surface area contributed by atoms with Crippen molar-refractivity contribution in [3.63, 3.8) is 0 Å². The number of carbonyl (C=O) groups is 2. The van der Waals surface area contributed by atoms with Crippen LogP contribution in [-0.4, -0.2) is 54.1 Å². The molecule has 3 aliphatic heterocycles. The SMILES string of the molecule is CC(C)(C)[Si](C)(C)OCCC12C[C@H](O)[C@@](C)(O1)[C@@H]1C(=O)N(c3ccc4ncsc4c3)C(=O)[C@@H]12. The highest BCUT2D eigenvalue weighted by Gasteiger charge is 2.76. The van der Waals surface area contributed by atoms with Crippen LogP contribution in [0, 0.1) is 11.8 Å². The second-order valence-corrected chi connectivity index (χ2v) is 17.1. The molecule has 3 aliphatic rings. The van der Waals surface area contributed by atoms with E-state index in [9.17, 15) is 14.7 Å². The summed E-state index contributed by atoms with van der Waals surface area (Å²) in [4.78, 5) is 32.9. The van der Waals surface area contributed by atoms with Crippen LogP contribution in [0.5, 0.6) is 0 Å². The fraction of sp³-hybridized carbons (Fsp3) is 0.625. The van der Waals surface area contributed by atoms with Gasteiger partial charge in [0.05, 0.1) is 45.0 Å². The monoisotopic (exact) mass is 488 g/mol. The van der Waals surface area contributed by atoms with Crippen molar-refractivity contribution in [3.8, 4) is 0 Å². The summed E-state index contributed by atoms with van der Waals surface area (Å²) in [6.45, 7) is 13.2. The summed E-state index contributed by atoms with van der Waals surface area (Å²) in [6, 6.07) is 5.45. The van der Waals surface area contributed by atoms with Crippen LogP contribution in [-0.2, 0) is 18.8 Å². The predicted octanol–water partition coefficient (Wildman–Crippen LogP) is 4.11. The second-order valence-electron chi connectivity index (χ2n) is 11.4. The standard InChI is InChI=1S/C24H32N2O5SSi/c1-22(2,3)33(5,6)30-10-9-24-12-17(27)23(4,31-24)18-19(24)21(29)26(20(18)28)14-7-8-15-16(11-14)32-13-25-15/h7-8,11,13,17-19,27H,9-10,12H2,1-6H3/t17-,18-,19+,23+,24?/m0/s1. The number of aromatic nitrogens is 1. The largest absolute Gasteiger partial charge is 0.417 e.